The number of rotatable bonds is 3. The summed E-state index contributed by atoms with van der Waals surface area (Å²) in [4.78, 5) is 7.56. The van der Waals surface area contributed by atoms with Gasteiger partial charge < -0.3 is 28.9 Å². The first-order valence-corrected chi connectivity index (χ1v) is 32.0. The van der Waals surface area contributed by atoms with Gasteiger partial charge in [-0.05, 0) is 157 Å². The Kier molecular flexibility index (Phi) is 10.5. The summed E-state index contributed by atoms with van der Waals surface area (Å²) in [7, 11) is 0. The molecule has 90 heavy (non-hydrogen) atoms. The van der Waals surface area contributed by atoms with Crippen LogP contribution < -0.4 is 45.3 Å². The molecule has 0 atom stereocenters. The van der Waals surface area contributed by atoms with E-state index >= 15 is 0 Å². The normalized spacial score (nSPS) is 16.4. The molecule has 0 unspecified atom stereocenters. The van der Waals surface area contributed by atoms with E-state index in [0.29, 0.717) is 0 Å². The molecular weight excluding hydrogens is 1090 g/mol. The van der Waals surface area contributed by atoms with E-state index in [0.717, 1.165) is 17.1 Å². The predicted octanol–water partition coefficient (Wildman–Crippen LogP) is 18.0. The van der Waals surface area contributed by atoms with Gasteiger partial charge in [0.15, 0.2) is 0 Å². The predicted molar refractivity (Wildman–Crippen MR) is 380 cm³/mol. The van der Waals surface area contributed by atoms with Crippen molar-refractivity contribution in [3.8, 4) is 33.4 Å². The molecule has 426 valence electrons. The van der Waals surface area contributed by atoms with E-state index in [1.54, 1.807) is 0 Å². The van der Waals surface area contributed by atoms with Crippen molar-refractivity contribution < 1.29 is 0 Å². The number of para-hydroxylation sites is 9. The molecule has 0 aliphatic carbocycles. The van der Waals surface area contributed by atoms with E-state index in [1.807, 2.05) is 0 Å². The SMILES string of the molecule is CC1(C)c2ccccc2N(c2ccc3c(c2)-c2ccccc2N2B3N3B(c4ccc(N5c6ccccc6C(C)(C)c6ccccc65)cc4-c4ccccc43)N3B2c2ccc(N4c5ccccc5C(C)(C)c5ccccc54)cc2-c2ccccc23)c2ccccc21. The van der Waals surface area contributed by atoms with Crippen LogP contribution in [0.25, 0.3) is 33.4 Å². The van der Waals surface area contributed by atoms with Crippen LogP contribution in [0.5, 0.6) is 0 Å². The van der Waals surface area contributed by atoms with Crippen LogP contribution in [0.15, 0.2) is 273 Å². The number of hydrogen-bond donors (Lipinski definition) is 0. The van der Waals surface area contributed by atoms with Crippen molar-refractivity contribution in [3.63, 3.8) is 0 Å². The van der Waals surface area contributed by atoms with Crippen molar-refractivity contribution >= 4 is 106 Å². The third-order valence-electron chi connectivity index (χ3n) is 21.6. The van der Waals surface area contributed by atoms with Crippen LogP contribution in [-0.2, 0) is 16.2 Å². The number of hydrogen-bond acceptors (Lipinski definition) is 6. The first-order chi connectivity index (χ1) is 44.0. The Bertz CT molecular complexity index is 4410. The molecule has 12 aromatic rings. The van der Waals surface area contributed by atoms with Gasteiger partial charge >= 0.3 is 20.9 Å². The highest BCUT2D eigenvalue weighted by Gasteiger charge is 2.61. The van der Waals surface area contributed by atoms with E-state index in [9.17, 15) is 0 Å². The van der Waals surface area contributed by atoms with Gasteiger partial charge in [0.05, 0.1) is 34.1 Å². The molecule has 0 radical (unpaired) electrons. The summed E-state index contributed by atoms with van der Waals surface area (Å²) < 4.78 is 8.39. The fourth-order valence-electron chi connectivity index (χ4n) is 17.5. The van der Waals surface area contributed by atoms with Gasteiger partial charge in [0.1, 0.15) is 0 Å². The lowest BCUT2D eigenvalue weighted by Gasteiger charge is -2.61. The van der Waals surface area contributed by atoms with Crippen molar-refractivity contribution in [2.75, 3.05) is 28.9 Å². The molecule has 9 heteroatoms. The van der Waals surface area contributed by atoms with Crippen molar-refractivity contribution in [2.24, 2.45) is 0 Å². The number of benzene rings is 12. The smallest absolute Gasteiger partial charge is 0.389 e. The van der Waals surface area contributed by atoms with Gasteiger partial charge in [-0.15, -0.1) is 0 Å². The van der Waals surface area contributed by atoms with Gasteiger partial charge in [0, 0.05) is 67.1 Å². The molecule has 0 bridgehead atoms. The minimum Gasteiger partial charge on any atom is -0.416 e. The highest BCUT2D eigenvalue weighted by atomic mass is 15.3. The van der Waals surface area contributed by atoms with Crippen molar-refractivity contribution in [1.29, 1.82) is 0 Å². The molecule has 7 aliphatic heterocycles. The monoisotopic (exact) mass is 1150 g/mol. The molecule has 0 amide bonds. The summed E-state index contributed by atoms with van der Waals surface area (Å²) in [6.07, 6.45) is 0. The van der Waals surface area contributed by atoms with Crippen LogP contribution in [0.3, 0.4) is 0 Å². The Balaban J connectivity index is 0.859. The quantitative estimate of drug-likeness (QED) is 0.163. The summed E-state index contributed by atoms with van der Waals surface area (Å²) in [5.74, 6) is 0. The largest absolute Gasteiger partial charge is 0.416 e. The van der Waals surface area contributed by atoms with Crippen LogP contribution in [0, 0.1) is 0 Å². The van der Waals surface area contributed by atoms with E-state index in [1.165, 1.54) is 134 Å². The zero-order chi connectivity index (χ0) is 60.1. The van der Waals surface area contributed by atoms with Crippen LogP contribution in [0.2, 0.25) is 0 Å². The Morgan fingerprint density at radius 3 is 0.644 bits per heavy atom. The Morgan fingerprint density at radius 1 is 0.211 bits per heavy atom. The maximum Gasteiger partial charge on any atom is 0.389 e. The van der Waals surface area contributed by atoms with Crippen molar-refractivity contribution in [2.45, 2.75) is 57.8 Å². The zero-order valence-electron chi connectivity index (χ0n) is 51.4. The summed E-state index contributed by atoms with van der Waals surface area (Å²) in [6, 6.07) is 104. The molecular formula is C81H63B3N6. The van der Waals surface area contributed by atoms with Gasteiger partial charge in [-0.25, -0.2) is 0 Å². The summed E-state index contributed by atoms with van der Waals surface area (Å²) in [5, 5.41) is 0. The summed E-state index contributed by atoms with van der Waals surface area (Å²) in [6.45, 7) is 13.5. The Labute approximate surface area is 528 Å². The topological polar surface area (TPSA) is 19.4 Å². The summed E-state index contributed by atoms with van der Waals surface area (Å²) >= 11 is 0. The molecule has 0 N–H and O–H groups in total. The van der Waals surface area contributed by atoms with Gasteiger partial charge in [0.2, 0.25) is 0 Å². The van der Waals surface area contributed by atoms with Crippen LogP contribution >= 0.6 is 0 Å². The standard InChI is InChI=1S/C81H63B3N6/c1-79(2)61-28-10-19-37-73(61)85(74-38-20-11-29-62(74)79)52-43-46-67-58(49-52)55-25-7-16-34-70(55)88-82(67)89-71-35-17-8-26-56(71)59-50-54(87-77-41-23-14-32-65(77)81(5,6)66-33-15-24-42-78(66)87)45-48-69(59)84(89)90-72-36-18-9-27-57(72)60-51-53(44-47-68(60)83(88)90)86-75-39-21-12-30-63(75)80(3,4)64-31-13-22-40-76(64)86/h7-51H,1-6H3. The molecule has 0 aromatic heterocycles. The third kappa shape index (κ3) is 6.76. The molecule has 0 saturated carbocycles. The average molecular weight is 1150 g/mol. The fraction of sp³-hybridized carbons (Fsp3) is 0.111. The van der Waals surface area contributed by atoms with Crippen LogP contribution in [0.1, 0.15) is 74.9 Å². The lowest BCUT2D eigenvalue weighted by atomic mass is 9.34. The van der Waals surface area contributed by atoms with E-state index in [-0.39, 0.29) is 37.2 Å². The number of nitrogens with zero attached hydrogens (tertiary/aromatic N) is 6. The molecule has 7 aliphatic rings. The van der Waals surface area contributed by atoms with E-state index < -0.39 is 0 Å². The number of anilines is 12. The van der Waals surface area contributed by atoms with Crippen LogP contribution in [-0.4, -0.2) is 20.9 Å². The van der Waals surface area contributed by atoms with Crippen molar-refractivity contribution in [3.05, 3.63) is 306 Å². The molecule has 1 fully saturated rings. The summed E-state index contributed by atoms with van der Waals surface area (Å²) in [5.41, 5.74) is 33.1. The second-order valence-corrected chi connectivity index (χ2v) is 27.2. The second kappa shape index (κ2) is 18.4. The van der Waals surface area contributed by atoms with Gasteiger partial charge in [-0.1, -0.05) is 224 Å². The highest BCUT2D eigenvalue weighted by molar-refractivity contribution is 7.16. The van der Waals surface area contributed by atoms with Gasteiger partial charge in [0.25, 0.3) is 0 Å². The maximum absolute atomic E-state index is 2.80. The molecule has 6 nitrogen and oxygen atoms in total. The molecule has 7 heterocycles. The van der Waals surface area contributed by atoms with Gasteiger partial charge in [-0.3, -0.25) is 0 Å². The van der Waals surface area contributed by atoms with Crippen LogP contribution in [0.4, 0.5) is 68.2 Å². The zero-order valence-corrected chi connectivity index (χ0v) is 51.4. The third-order valence-corrected chi connectivity index (χ3v) is 21.6. The lowest BCUT2D eigenvalue weighted by Crippen LogP contribution is -2.88. The Morgan fingerprint density at radius 2 is 0.411 bits per heavy atom. The average Bonchev–Trinajstić information content (AvgIpc) is 0.686. The Hall–Kier alpha value is -10.4. The second-order valence-electron chi connectivity index (χ2n) is 27.2. The molecule has 19 rings (SSSR count). The number of fused-ring (bicyclic) bond motifs is 27. The minimum atomic E-state index is -0.243. The van der Waals surface area contributed by atoms with Gasteiger partial charge in [-0.2, -0.15) is 0 Å². The minimum absolute atomic E-state index is 0.179. The molecule has 0 spiro atoms. The van der Waals surface area contributed by atoms with E-state index in [2.05, 4.69) is 343 Å². The fourth-order valence-corrected chi connectivity index (χ4v) is 17.5. The lowest BCUT2D eigenvalue weighted by molar-refractivity contribution is 0.632. The van der Waals surface area contributed by atoms with Crippen molar-refractivity contribution in [1.82, 2.24) is 0 Å². The first kappa shape index (κ1) is 51.7. The maximum atomic E-state index is 2.80. The first-order valence-electron chi connectivity index (χ1n) is 32.0. The molecule has 1 saturated heterocycles. The van der Waals surface area contributed by atoms with E-state index in [4.69, 9.17) is 0 Å². The highest BCUT2D eigenvalue weighted by Crippen LogP contribution is 2.58. The molecule has 12 aromatic carbocycles.